The molecule has 0 saturated heterocycles. The molecular formula is C12H19N3O5S. The molecule has 21 heavy (non-hydrogen) atoms. The van der Waals surface area contributed by atoms with Crippen molar-refractivity contribution in [1.82, 2.24) is 14.9 Å². The Hall–Kier alpha value is -1.45. The van der Waals surface area contributed by atoms with Crippen molar-refractivity contribution >= 4 is 16.0 Å². The van der Waals surface area contributed by atoms with Gasteiger partial charge in [-0.1, -0.05) is 6.42 Å². The molecule has 1 aromatic rings. The van der Waals surface area contributed by atoms with Crippen LogP contribution in [0.3, 0.4) is 0 Å². The number of aromatic amines is 1. The predicted molar refractivity (Wildman–Crippen MR) is 73.1 cm³/mol. The Balaban J connectivity index is 2.20. The van der Waals surface area contributed by atoms with Gasteiger partial charge in [0, 0.05) is 12.6 Å². The van der Waals surface area contributed by atoms with Crippen molar-refractivity contribution in [1.29, 1.82) is 0 Å². The van der Waals surface area contributed by atoms with Crippen molar-refractivity contribution in [2.75, 3.05) is 13.2 Å². The highest BCUT2D eigenvalue weighted by atomic mass is 32.2. The summed E-state index contributed by atoms with van der Waals surface area (Å²) in [6, 6.07) is -0.335. The Kier molecular flexibility index (Phi) is 4.96. The molecule has 0 aromatic carbocycles. The minimum Gasteiger partial charge on any atom is -0.462 e. The van der Waals surface area contributed by atoms with Crippen molar-refractivity contribution in [2.24, 2.45) is 5.92 Å². The first-order chi connectivity index (χ1) is 9.99. The lowest BCUT2D eigenvalue weighted by molar-refractivity contribution is 0.0521. The van der Waals surface area contributed by atoms with Gasteiger partial charge in [0.1, 0.15) is 5.56 Å². The average Bonchev–Trinajstić information content (AvgIpc) is 3.06. The highest BCUT2D eigenvalue weighted by Gasteiger charge is 2.33. The van der Waals surface area contributed by atoms with E-state index in [1.165, 1.54) is 0 Å². The summed E-state index contributed by atoms with van der Waals surface area (Å²) in [5.41, 5.74) is -0.122. The number of hydrogen-bond donors (Lipinski definition) is 3. The first-order valence-corrected chi connectivity index (χ1v) is 8.31. The van der Waals surface area contributed by atoms with Crippen molar-refractivity contribution < 1.29 is 23.1 Å². The molecule has 1 aliphatic carbocycles. The van der Waals surface area contributed by atoms with Gasteiger partial charge in [0.05, 0.1) is 12.8 Å². The van der Waals surface area contributed by atoms with Gasteiger partial charge in [0.25, 0.3) is 10.0 Å². The normalized spacial score (nSPS) is 22.4. The van der Waals surface area contributed by atoms with E-state index in [0.29, 0.717) is 6.42 Å². The molecule has 1 saturated carbocycles. The molecule has 2 atom stereocenters. The van der Waals surface area contributed by atoms with E-state index in [9.17, 15) is 18.3 Å². The smallest absolute Gasteiger partial charge is 0.342 e. The zero-order valence-corrected chi connectivity index (χ0v) is 12.5. The van der Waals surface area contributed by atoms with E-state index in [4.69, 9.17) is 4.74 Å². The lowest BCUT2D eigenvalue weighted by atomic mass is 10.1. The number of aliphatic hydroxyl groups is 1. The van der Waals surface area contributed by atoms with Crippen LogP contribution in [-0.2, 0) is 14.8 Å². The quantitative estimate of drug-likeness (QED) is 0.636. The van der Waals surface area contributed by atoms with Crippen LogP contribution >= 0.6 is 0 Å². The standard InChI is InChI=1S/C12H19N3O5S/c1-2-20-12(17)9-6-13-14-11(9)21(18,19)15-10-5-3-4-8(10)7-16/h6,8,10,15-16H,2-5,7H2,1H3,(H,13,14). The van der Waals surface area contributed by atoms with Gasteiger partial charge < -0.3 is 9.84 Å². The summed E-state index contributed by atoms with van der Waals surface area (Å²) in [4.78, 5) is 11.7. The Morgan fingerprint density at radius 1 is 1.57 bits per heavy atom. The molecule has 0 amide bonds. The summed E-state index contributed by atoms with van der Waals surface area (Å²) < 4.78 is 32.1. The third kappa shape index (κ3) is 3.42. The molecule has 8 nitrogen and oxygen atoms in total. The fraction of sp³-hybridized carbons (Fsp3) is 0.667. The summed E-state index contributed by atoms with van der Waals surface area (Å²) in [6.45, 7) is 1.71. The summed E-state index contributed by atoms with van der Waals surface area (Å²) in [5.74, 6) is -0.842. The Morgan fingerprint density at radius 2 is 2.33 bits per heavy atom. The fourth-order valence-corrected chi connectivity index (χ4v) is 3.93. The minimum atomic E-state index is -3.92. The van der Waals surface area contributed by atoms with Gasteiger partial charge in [0.15, 0.2) is 5.03 Å². The number of sulfonamides is 1. The summed E-state index contributed by atoms with van der Waals surface area (Å²) >= 11 is 0. The van der Waals surface area contributed by atoms with E-state index in [0.717, 1.165) is 19.0 Å². The van der Waals surface area contributed by atoms with E-state index in [2.05, 4.69) is 14.9 Å². The number of esters is 1. The van der Waals surface area contributed by atoms with Crippen LogP contribution in [0, 0.1) is 5.92 Å². The van der Waals surface area contributed by atoms with E-state index in [-0.39, 0.29) is 35.8 Å². The highest BCUT2D eigenvalue weighted by Crippen LogP contribution is 2.26. The highest BCUT2D eigenvalue weighted by molar-refractivity contribution is 7.89. The monoisotopic (exact) mass is 317 g/mol. The number of aliphatic hydroxyl groups excluding tert-OH is 1. The van der Waals surface area contributed by atoms with Gasteiger partial charge in [-0.15, -0.1) is 0 Å². The maximum absolute atomic E-state index is 12.4. The number of carbonyl (C=O) groups excluding carboxylic acids is 1. The fourth-order valence-electron chi connectivity index (χ4n) is 2.50. The molecule has 1 aliphatic rings. The molecule has 2 rings (SSSR count). The van der Waals surface area contributed by atoms with Crippen LogP contribution < -0.4 is 4.72 Å². The number of aromatic nitrogens is 2. The van der Waals surface area contributed by atoms with Crippen LogP contribution in [0.4, 0.5) is 0 Å². The molecule has 1 heterocycles. The number of carbonyl (C=O) groups is 1. The van der Waals surface area contributed by atoms with E-state index < -0.39 is 16.0 Å². The SMILES string of the molecule is CCOC(=O)c1cn[nH]c1S(=O)(=O)NC1CCCC1CO. The maximum atomic E-state index is 12.4. The molecule has 1 aromatic heterocycles. The van der Waals surface area contributed by atoms with Crippen LogP contribution in [0.25, 0.3) is 0 Å². The van der Waals surface area contributed by atoms with Gasteiger partial charge in [-0.25, -0.2) is 17.9 Å². The van der Waals surface area contributed by atoms with Crippen molar-refractivity contribution in [3.05, 3.63) is 11.8 Å². The lowest BCUT2D eigenvalue weighted by Crippen LogP contribution is -2.39. The van der Waals surface area contributed by atoms with E-state index >= 15 is 0 Å². The topological polar surface area (TPSA) is 121 Å². The number of H-pyrrole nitrogens is 1. The van der Waals surface area contributed by atoms with Crippen molar-refractivity contribution in [2.45, 2.75) is 37.3 Å². The largest absolute Gasteiger partial charge is 0.462 e. The van der Waals surface area contributed by atoms with Crippen molar-refractivity contribution in [3.8, 4) is 0 Å². The zero-order valence-electron chi connectivity index (χ0n) is 11.7. The summed E-state index contributed by atoms with van der Waals surface area (Å²) in [6.07, 6.45) is 3.42. The van der Waals surface area contributed by atoms with Gasteiger partial charge in [-0.3, -0.25) is 5.10 Å². The lowest BCUT2D eigenvalue weighted by Gasteiger charge is -2.18. The second-order valence-corrected chi connectivity index (χ2v) is 6.59. The number of nitrogens with one attached hydrogen (secondary N) is 2. The minimum absolute atomic E-state index is 0.0686. The number of nitrogens with zero attached hydrogens (tertiary/aromatic N) is 1. The van der Waals surface area contributed by atoms with Gasteiger partial charge in [-0.2, -0.15) is 5.10 Å². The second kappa shape index (κ2) is 6.54. The molecule has 2 unspecified atom stereocenters. The molecular weight excluding hydrogens is 298 g/mol. The maximum Gasteiger partial charge on any atom is 0.342 e. The predicted octanol–water partition coefficient (Wildman–Crippen LogP) is 0.0257. The molecule has 1 fully saturated rings. The Labute approximate surface area is 122 Å². The average molecular weight is 317 g/mol. The molecule has 9 heteroatoms. The molecule has 0 bridgehead atoms. The summed E-state index contributed by atoms with van der Waals surface area (Å²) in [5, 5.41) is 14.9. The van der Waals surface area contributed by atoms with Crippen molar-refractivity contribution in [3.63, 3.8) is 0 Å². The van der Waals surface area contributed by atoms with Crippen LogP contribution in [-0.4, -0.2) is 48.9 Å². The van der Waals surface area contributed by atoms with Crippen LogP contribution in [0.2, 0.25) is 0 Å². The van der Waals surface area contributed by atoms with E-state index in [1.807, 2.05) is 0 Å². The Morgan fingerprint density at radius 3 is 3.00 bits per heavy atom. The molecule has 0 aliphatic heterocycles. The first-order valence-electron chi connectivity index (χ1n) is 6.83. The Bertz CT molecular complexity index is 598. The number of rotatable bonds is 6. The molecule has 0 radical (unpaired) electrons. The van der Waals surface area contributed by atoms with Crippen LogP contribution in [0.5, 0.6) is 0 Å². The molecule has 118 valence electrons. The van der Waals surface area contributed by atoms with Gasteiger partial charge in [0.2, 0.25) is 0 Å². The van der Waals surface area contributed by atoms with E-state index in [1.54, 1.807) is 6.92 Å². The zero-order chi connectivity index (χ0) is 15.5. The third-order valence-electron chi connectivity index (χ3n) is 3.57. The van der Waals surface area contributed by atoms with Gasteiger partial charge in [-0.05, 0) is 25.7 Å². The number of ether oxygens (including phenoxy) is 1. The van der Waals surface area contributed by atoms with Crippen LogP contribution in [0.1, 0.15) is 36.5 Å². The summed E-state index contributed by atoms with van der Waals surface area (Å²) in [7, 11) is -3.92. The first kappa shape index (κ1) is 15.9. The van der Waals surface area contributed by atoms with Crippen LogP contribution in [0.15, 0.2) is 11.2 Å². The van der Waals surface area contributed by atoms with Gasteiger partial charge >= 0.3 is 5.97 Å². The second-order valence-electron chi connectivity index (χ2n) is 4.93. The third-order valence-corrected chi connectivity index (χ3v) is 5.03. The molecule has 0 spiro atoms. The molecule has 3 N–H and O–H groups in total. The number of hydrogen-bond acceptors (Lipinski definition) is 6.